The van der Waals surface area contributed by atoms with Crippen LogP contribution in [0.15, 0.2) is 0 Å². The Morgan fingerprint density at radius 3 is 2.27 bits per heavy atom. The van der Waals surface area contributed by atoms with Crippen molar-refractivity contribution in [1.82, 2.24) is 10.6 Å². The molecule has 3 heteroatoms. The Hall–Kier alpha value is -0.120. The molecule has 0 aromatic heterocycles. The summed E-state index contributed by atoms with van der Waals surface area (Å²) in [5.41, 5.74) is 5.68. The first-order chi connectivity index (χ1) is 7.27. The van der Waals surface area contributed by atoms with Gasteiger partial charge >= 0.3 is 0 Å². The van der Waals surface area contributed by atoms with Crippen molar-refractivity contribution in [3.8, 4) is 0 Å². The first-order valence-electron chi connectivity index (χ1n) is 6.44. The molecule has 0 bridgehead atoms. The largest absolute Gasteiger partial charge is 0.328 e. The normalized spacial score (nSPS) is 13.0. The summed E-state index contributed by atoms with van der Waals surface area (Å²) in [4.78, 5) is 0. The summed E-state index contributed by atoms with van der Waals surface area (Å²) in [6.45, 7) is 8.74. The Morgan fingerprint density at radius 2 is 1.60 bits per heavy atom. The molecular weight excluding hydrogens is 186 g/mol. The second-order valence-electron chi connectivity index (χ2n) is 4.28. The van der Waals surface area contributed by atoms with Crippen molar-refractivity contribution in [3.05, 3.63) is 0 Å². The number of hydrogen-bond acceptors (Lipinski definition) is 3. The van der Waals surface area contributed by atoms with E-state index in [1.165, 1.54) is 32.1 Å². The minimum Gasteiger partial charge on any atom is -0.328 e. The van der Waals surface area contributed by atoms with Crippen LogP contribution in [0.3, 0.4) is 0 Å². The van der Waals surface area contributed by atoms with Crippen LogP contribution in [-0.2, 0) is 0 Å². The summed E-state index contributed by atoms with van der Waals surface area (Å²) in [6.07, 6.45) is 6.26. The van der Waals surface area contributed by atoms with Crippen LogP contribution in [-0.4, -0.2) is 32.2 Å². The molecule has 0 heterocycles. The predicted molar refractivity (Wildman–Crippen MR) is 68.1 cm³/mol. The number of nitrogens with two attached hydrogens (primary N) is 1. The van der Waals surface area contributed by atoms with Crippen molar-refractivity contribution in [1.29, 1.82) is 0 Å². The Balaban J connectivity index is 2.87. The first-order valence-corrected chi connectivity index (χ1v) is 6.44. The molecule has 15 heavy (non-hydrogen) atoms. The van der Waals surface area contributed by atoms with Gasteiger partial charge in [-0.25, -0.2) is 0 Å². The maximum Gasteiger partial charge on any atom is 0.00104 e. The van der Waals surface area contributed by atoms with Gasteiger partial charge in [-0.1, -0.05) is 19.8 Å². The molecule has 0 aliphatic carbocycles. The SMILES string of the molecule is CCNCCCNCCCCCC(C)N. The zero-order valence-electron chi connectivity index (χ0n) is 10.5. The lowest BCUT2D eigenvalue weighted by atomic mass is 10.1. The molecule has 4 N–H and O–H groups in total. The van der Waals surface area contributed by atoms with Crippen LogP contribution in [0.4, 0.5) is 0 Å². The van der Waals surface area contributed by atoms with Gasteiger partial charge in [0, 0.05) is 6.04 Å². The minimum absolute atomic E-state index is 0.373. The molecule has 3 nitrogen and oxygen atoms in total. The maximum absolute atomic E-state index is 5.68. The van der Waals surface area contributed by atoms with E-state index in [4.69, 9.17) is 5.73 Å². The molecule has 0 aliphatic rings. The lowest BCUT2D eigenvalue weighted by Gasteiger charge is -2.06. The van der Waals surface area contributed by atoms with E-state index in [0.717, 1.165) is 26.2 Å². The van der Waals surface area contributed by atoms with Crippen LogP contribution < -0.4 is 16.4 Å². The fraction of sp³-hybridized carbons (Fsp3) is 1.00. The molecule has 0 spiro atoms. The van der Waals surface area contributed by atoms with Gasteiger partial charge < -0.3 is 16.4 Å². The summed E-state index contributed by atoms with van der Waals surface area (Å²) in [5, 5.41) is 6.78. The monoisotopic (exact) mass is 215 g/mol. The highest BCUT2D eigenvalue weighted by Crippen LogP contribution is 2.00. The Labute approximate surface area is 95.2 Å². The molecule has 1 atom stereocenters. The van der Waals surface area contributed by atoms with Crippen molar-refractivity contribution in [2.24, 2.45) is 5.73 Å². The third kappa shape index (κ3) is 13.9. The highest BCUT2D eigenvalue weighted by Gasteiger charge is 1.94. The smallest absolute Gasteiger partial charge is 0.00104 e. The Bertz CT molecular complexity index is 115. The van der Waals surface area contributed by atoms with Gasteiger partial charge in [0.05, 0.1) is 0 Å². The van der Waals surface area contributed by atoms with Crippen molar-refractivity contribution in [3.63, 3.8) is 0 Å². The van der Waals surface area contributed by atoms with E-state index in [1.807, 2.05) is 0 Å². The van der Waals surface area contributed by atoms with E-state index < -0.39 is 0 Å². The van der Waals surface area contributed by atoms with Gasteiger partial charge in [-0.3, -0.25) is 0 Å². The van der Waals surface area contributed by atoms with Crippen LogP contribution in [0.2, 0.25) is 0 Å². The lowest BCUT2D eigenvalue weighted by molar-refractivity contribution is 0.544. The zero-order valence-corrected chi connectivity index (χ0v) is 10.5. The Kier molecular flexibility index (Phi) is 11.9. The number of unbranched alkanes of at least 4 members (excludes halogenated alkanes) is 2. The Morgan fingerprint density at radius 1 is 0.933 bits per heavy atom. The van der Waals surface area contributed by atoms with Crippen molar-refractivity contribution >= 4 is 0 Å². The molecule has 0 radical (unpaired) electrons. The standard InChI is InChI=1S/C12H29N3/c1-3-14-10-7-11-15-9-6-4-5-8-12(2)13/h12,14-15H,3-11,13H2,1-2H3. The van der Waals surface area contributed by atoms with Crippen LogP contribution in [0.25, 0.3) is 0 Å². The van der Waals surface area contributed by atoms with Crippen LogP contribution in [0.1, 0.15) is 46.0 Å². The highest BCUT2D eigenvalue weighted by atomic mass is 14.9. The van der Waals surface area contributed by atoms with Crippen molar-refractivity contribution in [2.45, 2.75) is 52.0 Å². The van der Waals surface area contributed by atoms with E-state index in [-0.39, 0.29) is 0 Å². The predicted octanol–water partition coefficient (Wildman–Crippen LogP) is 1.48. The zero-order chi connectivity index (χ0) is 11.4. The number of nitrogens with one attached hydrogen (secondary N) is 2. The second kappa shape index (κ2) is 12.0. The molecule has 0 saturated carbocycles. The van der Waals surface area contributed by atoms with Gasteiger partial charge in [0.1, 0.15) is 0 Å². The van der Waals surface area contributed by atoms with Gasteiger partial charge in [0.15, 0.2) is 0 Å². The van der Waals surface area contributed by atoms with E-state index in [0.29, 0.717) is 6.04 Å². The summed E-state index contributed by atoms with van der Waals surface area (Å²) in [7, 11) is 0. The fourth-order valence-corrected chi connectivity index (χ4v) is 1.53. The molecule has 0 saturated heterocycles. The minimum atomic E-state index is 0.373. The molecule has 0 rings (SSSR count). The van der Waals surface area contributed by atoms with Gasteiger partial charge in [0.2, 0.25) is 0 Å². The molecule has 0 amide bonds. The average Bonchev–Trinajstić information content (AvgIpc) is 2.20. The van der Waals surface area contributed by atoms with E-state index in [1.54, 1.807) is 0 Å². The number of hydrogen-bond donors (Lipinski definition) is 3. The molecule has 0 aromatic rings. The van der Waals surface area contributed by atoms with E-state index >= 15 is 0 Å². The van der Waals surface area contributed by atoms with E-state index in [9.17, 15) is 0 Å². The molecule has 0 aliphatic heterocycles. The van der Waals surface area contributed by atoms with Gasteiger partial charge in [-0.2, -0.15) is 0 Å². The topological polar surface area (TPSA) is 50.1 Å². The molecule has 1 unspecified atom stereocenters. The molecular formula is C12H29N3. The third-order valence-electron chi connectivity index (χ3n) is 2.47. The molecule has 0 aromatic carbocycles. The number of rotatable bonds is 11. The average molecular weight is 215 g/mol. The summed E-state index contributed by atoms with van der Waals surface area (Å²) < 4.78 is 0. The molecule has 92 valence electrons. The lowest BCUT2D eigenvalue weighted by Crippen LogP contribution is -2.22. The summed E-state index contributed by atoms with van der Waals surface area (Å²) in [6, 6.07) is 0.373. The second-order valence-corrected chi connectivity index (χ2v) is 4.28. The first kappa shape index (κ1) is 14.9. The van der Waals surface area contributed by atoms with Gasteiger partial charge in [-0.05, 0) is 52.4 Å². The van der Waals surface area contributed by atoms with E-state index in [2.05, 4.69) is 24.5 Å². The molecule has 0 fully saturated rings. The van der Waals surface area contributed by atoms with Crippen molar-refractivity contribution in [2.75, 3.05) is 26.2 Å². The summed E-state index contributed by atoms with van der Waals surface area (Å²) >= 11 is 0. The third-order valence-corrected chi connectivity index (χ3v) is 2.47. The van der Waals surface area contributed by atoms with Crippen LogP contribution >= 0.6 is 0 Å². The summed E-state index contributed by atoms with van der Waals surface area (Å²) in [5.74, 6) is 0. The van der Waals surface area contributed by atoms with Crippen LogP contribution in [0, 0.1) is 0 Å². The quantitative estimate of drug-likeness (QED) is 0.458. The highest BCUT2D eigenvalue weighted by molar-refractivity contribution is 4.55. The van der Waals surface area contributed by atoms with Gasteiger partial charge in [0.25, 0.3) is 0 Å². The van der Waals surface area contributed by atoms with Crippen LogP contribution in [0.5, 0.6) is 0 Å². The van der Waals surface area contributed by atoms with Crippen molar-refractivity contribution < 1.29 is 0 Å². The van der Waals surface area contributed by atoms with Gasteiger partial charge in [-0.15, -0.1) is 0 Å². The maximum atomic E-state index is 5.68. The fourth-order valence-electron chi connectivity index (χ4n) is 1.53.